The van der Waals surface area contributed by atoms with Crippen molar-refractivity contribution in [2.75, 3.05) is 0 Å². The first kappa shape index (κ1) is 12.7. The standard InChI is InChI=1S/C10H9S2.3CH3.Sn/c1-7-3-9(11-5-7)10-4-8(2)6-12-10;;;;/h3-5H,1-2H3;3*1H3;. The van der Waals surface area contributed by atoms with E-state index in [0.29, 0.717) is 0 Å². The van der Waals surface area contributed by atoms with Crippen molar-refractivity contribution in [1.82, 2.24) is 0 Å². The molecule has 0 aliphatic heterocycles. The molecule has 86 valence electrons. The molecule has 16 heavy (non-hydrogen) atoms. The molecule has 0 aliphatic rings. The number of aryl methyl sites for hydroxylation is 2. The van der Waals surface area contributed by atoms with E-state index in [1.54, 1.807) is 2.89 Å². The van der Waals surface area contributed by atoms with Crippen molar-refractivity contribution in [3.8, 4) is 9.75 Å². The fraction of sp³-hybridized carbons (Fsp3) is 0.385. The summed E-state index contributed by atoms with van der Waals surface area (Å²) < 4.78 is 1.72. The van der Waals surface area contributed by atoms with E-state index < -0.39 is 18.4 Å². The Balaban J connectivity index is 2.46. The topological polar surface area (TPSA) is 0 Å². The van der Waals surface area contributed by atoms with E-state index in [9.17, 15) is 0 Å². The molecule has 2 aromatic rings. The first-order valence-electron chi connectivity index (χ1n) is 5.54. The first-order valence-corrected chi connectivity index (χ1v) is 17.2. The summed E-state index contributed by atoms with van der Waals surface area (Å²) in [5.41, 5.74) is 2.90. The van der Waals surface area contributed by atoms with Gasteiger partial charge in [-0.3, -0.25) is 0 Å². The summed E-state index contributed by atoms with van der Waals surface area (Å²) in [6, 6.07) is 4.69. The molecule has 0 spiro atoms. The Morgan fingerprint density at radius 3 is 2.12 bits per heavy atom. The molecule has 0 saturated carbocycles. The van der Waals surface area contributed by atoms with Crippen LogP contribution in [-0.4, -0.2) is 18.4 Å². The summed E-state index contributed by atoms with van der Waals surface area (Å²) in [7, 11) is 0. The van der Waals surface area contributed by atoms with Gasteiger partial charge < -0.3 is 0 Å². The van der Waals surface area contributed by atoms with Crippen LogP contribution in [0.1, 0.15) is 11.1 Å². The summed E-state index contributed by atoms with van der Waals surface area (Å²) in [4.78, 5) is 10.4. The zero-order valence-electron chi connectivity index (χ0n) is 10.5. The van der Waals surface area contributed by atoms with Crippen LogP contribution in [0.5, 0.6) is 0 Å². The third-order valence-electron chi connectivity index (χ3n) is 2.57. The Morgan fingerprint density at radius 2 is 1.69 bits per heavy atom. The third kappa shape index (κ3) is 2.54. The van der Waals surface area contributed by atoms with Crippen molar-refractivity contribution in [3.63, 3.8) is 0 Å². The SMILES string of the molecule is Cc1csc(-c2cc(C)[c]([Sn]([CH3])([CH3])[CH3])s2)c1. The molecular formula is C13H18S2Sn. The molecule has 0 atom stereocenters. The fourth-order valence-corrected chi connectivity index (χ4v) is 11.3. The molecule has 2 aromatic heterocycles. The number of hydrogen-bond acceptors (Lipinski definition) is 2. The van der Waals surface area contributed by atoms with E-state index in [1.807, 2.05) is 22.7 Å². The van der Waals surface area contributed by atoms with Crippen LogP contribution in [0, 0.1) is 13.8 Å². The summed E-state index contributed by atoms with van der Waals surface area (Å²) in [6.45, 7) is 4.45. The molecule has 0 unspecified atom stereocenters. The zero-order chi connectivity index (χ0) is 11.9. The molecule has 0 saturated heterocycles. The second kappa shape index (κ2) is 4.46. The number of rotatable bonds is 2. The third-order valence-corrected chi connectivity index (χ3v) is 14.9. The van der Waals surface area contributed by atoms with E-state index >= 15 is 0 Å². The van der Waals surface area contributed by atoms with Crippen LogP contribution in [0.3, 0.4) is 0 Å². The van der Waals surface area contributed by atoms with E-state index in [0.717, 1.165) is 0 Å². The summed E-state index contributed by atoms with van der Waals surface area (Å²) in [5, 5.41) is 2.24. The van der Waals surface area contributed by atoms with E-state index in [-0.39, 0.29) is 0 Å². The summed E-state index contributed by atoms with van der Waals surface area (Å²) >= 11 is 2.02. The van der Waals surface area contributed by atoms with Crippen LogP contribution in [0.25, 0.3) is 9.75 Å². The molecule has 0 radical (unpaired) electrons. The van der Waals surface area contributed by atoms with Gasteiger partial charge >= 0.3 is 111 Å². The average molecular weight is 357 g/mol. The first-order chi connectivity index (χ1) is 7.38. The maximum atomic E-state index is 2.50. The van der Waals surface area contributed by atoms with Crippen molar-refractivity contribution >= 4 is 43.9 Å². The van der Waals surface area contributed by atoms with Gasteiger partial charge in [0, 0.05) is 0 Å². The Bertz CT molecular complexity index is 500. The van der Waals surface area contributed by atoms with Gasteiger partial charge in [0.2, 0.25) is 0 Å². The molecule has 2 rings (SSSR count). The van der Waals surface area contributed by atoms with Crippen molar-refractivity contribution in [2.24, 2.45) is 0 Å². The quantitative estimate of drug-likeness (QED) is 0.687. The normalized spacial score (nSPS) is 12.1. The van der Waals surface area contributed by atoms with Crippen molar-refractivity contribution < 1.29 is 0 Å². The number of hydrogen-bond donors (Lipinski definition) is 0. The van der Waals surface area contributed by atoms with Gasteiger partial charge in [-0.25, -0.2) is 0 Å². The van der Waals surface area contributed by atoms with Crippen LogP contribution in [-0.2, 0) is 0 Å². The molecule has 2 heterocycles. The molecule has 0 nitrogen and oxygen atoms in total. The molecule has 0 aliphatic carbocycles. The van der Waals surface area contributed by atoms with Crippen LogP contribution in [0.4, 0.5) is 0 Å². The van der Waals surface area contributed by atoms with Gasteiger partial charge in [-0.05, 0) is 0 Å². The Morgan fingerprint density at radius 1 is 1.00 bits per heavy atom. The van der Waals surface area contributed by atoms with Gasteiger partial charge in [-0.1, -0.05) is 0 Å². The fourth-order valence-electron chi connectivity index (χ4n) is 1.91. The summed E-state index contributed by atoms with van der Waals surface area (Å²) in [5.74, 6) is 0. The maximum absolute atomic E-state index is 2.50. The van der Waals surface area contributed by atoms with Gasteiger partial charge in [0.15, 0.2) is 0 Å². The molecule has 3 heteroatoms. The second-order valence-corrected chi connectivity index (χ2v) is 22.6. The molecule has 0 aromatic carbocycles. The number of thiophene rings is 2. The van der Waals surface area contributed by atoms with Gasteiger partial charge in [0.05, 0.1) is 0 Å². The average Bonchev–Trinajstić information content (AvgIpc) is 2.70. The zero-order valence-corrected chi connectivity index (χ0v) is 15.0. The van der Waals surface area contributed by atoms with Gasteiger partial charge in [-0.15, -0.1) is 0 Å². The summed E-state index contributed by atoms with van der Waals surface area (Å²) in [6.07, 6.45) is 0. The van der Waals surface area contributed by atoms with E-state index in [4.69, 9.17) is 0 Å². The van der Waals surface area contributed by atoms with Crippen LogP contribution < -0.4 is 2.89 Å². The van der Waals surface area contributed by atoms with Gasteiger partial charge in [0.1, 0.15) is 0 Å². The molecular weight excluding hydrogens is 339 g/mol. The second-order valence-electron chi connectivity index (χ2n) is 5.36. The Kier molecular flexibility index (Phi) is 3.53. The van der Waals surface area contributed by atoms with Crippen molar-refractivity contribution in [2.45, 2.75) is 28.7 Å². The Hall–Kier alpha value is 0.199. The van der Waals surface area contributed by atoms with E-state index in [2.05, 4.69) is 46.2 Å². The molecule has 0 bridgehead atoms. The van der Waals surface area contributed by atoms with Crippen molar-refractivity contribution in [1.29, 1.82) is 0 Å². The van der Waals surface area contributed by atoms with Crippen LogP contribution in [0.2, 0.25) is 14.8 Å². The van der Waals surface area contributed by atoms with Gasteiger partial charge in [0.25, 0.3) is 0 Å². The molecule has 0 amide bonds. The van der Waals surface area contributed by atoms with Crippen LogP contribution in [0.15, 0.2) is 17.5 Å². The molecule has 0 N–H and O–H groups in total. The van der Waals surface area contributed by atoms with Crippen molar-refractivity contribution in [3.05, 3.63) is 28.6 Å². The Labute approximate surface area is 110 Å². The minimum atomic E-state index is -1.89. The van der Waals surface area contributed by atoms with Gasteiger partial charge in [-0.2, -0.15) is 0 Å². The molecule has 0 fully saturated rings. The monoisotopic (exact) mass is 358 g/mol. The van der Waals surface area contributed by atoms with E-state index in [1.165, 1.54) is 20.9 Å². The predicted molar refractivity (Wildman–Crippen MR) is 80.1 cm³/mol. The predicted octanol–water partition coefficient (Wildman–Crippen LogP) is 4.64. The minimum absolute atomic E-state index is 1.38. The van der Waals surface area contributed by atoms with Crippen LogP contribution >= 0.6 is 22.7 Å².